The van der Waals surface area contributed by atoms with Crippen molar-refractivity contribution in [3.8, 4) is 0 Å². The van der Waals surface area contributed by atoms with Gasteiger partial charge in [-0.25, -0.2) is 0 Å². The number of hydrogen-bond acceptors (Lipinski definition) is 2. The Morgan fingerprint density at radius 2 is 2.00 bits per heavy atom. The summed E-state index contributed by atoms with van der Waals surface area (Å²) in [6, 6.07) is 0.00852. The lowest BCUT2D eigenvalue weighted by molar-refractivity contribution is -0.120. The van der Waals surface area contributed by atoms with Gasteiger partial charge in [0.25, 0.3) is 0 Å². The molecule has 82 valence electrons. The minimum Gasteiger partial charge on any atom is -0.327 e. The van der Waals surface area contributed by atoms with E-state index >= 15 is 0 Å². The summed E-state index contributed by atoms with van der Waals surface area (Å²) in [5.41, 5.74) is 6.00. The van der Waals surface area contributed by atoms with Crippen LogP contribution in [0, 0.1) is 11.3 Å². The number of hydrogen-bond donors (Lipinski definition) is 1. The summed E-state index contributed by atoms with van der Waals surface area (Å²) in [6.07, 6.45) is 5.05. The summed E-state index contributed by atoms with van der Waals surface area (Å²) in [7, 11) is 0. The first-order chi connectivity index (χ1) is 6.39. The molecule has 0 radical (unpaired) electrons. The molecule has 1 fully saturated rings. The number of carbonyl (C=O) groups excluding carboxylic acids is 1. The van der Waals surface area contributed by atoms with Crippen LogP contribution in [-0.2, 0) is 4.79 Å². The van der Waals surface area contributed by atoms with E-state index < -0.39 is 0 Å². The molecule has 2 nitrogen and oxygen atoms in total. The summed E-state index contributed by atoms with van der Waals surface area (Å²) in [6.45, 7) is 6.27. The second-order valence-corrected chi connectivity index (χ2v) is 5.70. The van der Waals surface area contributed by atoms with E-state index in [-0.39, 0.29) is 11.5 Å². The highest BCUT2D eigenvalue weighted by Crippen LogP contribution is 2.33. The molecule has 0 heterocycles. The highest BCUT2D eigenvalue weighted by atomic mass is 16.1. The van der Waals surface area contributed by atoms with Crippen molar-refractivity contribution >= 4 is 5.78 Å². The third-order valence-electron chi connectivity index (χ3n) is 3.09. The second kappa shape index (κ2) is 4.43. The molecule has 0 aromatic heterocycles. The van der Waals surface area contributed by atoms with Crippen LogP contribution in [0.1, 0.15) is 52.9 Å². The molecule has 2 N–H and O–H groups in total. The van der Waals surface area contributed by atoms with Crippen LogP contribution in [0.15, 0.2) is 0 Å². The van der Waals surface area contributed by atoms with Crippen molar-refractivity contribution in [3.63, 3.8) is 0 Å². The van der Waals surface area contributed by atoms with E-state index in [4.69, 9.17) is 5.73 Å². The maximum Gasteiger partial charge on any atom is 0.134 e. The monoisotopic (exact) mass is 197 g/mol. The standard InChI is InChI=1S/C12H23NO/c1-12(2,3)11(13)8-10(14)7-6-9-4-5-9/h9,11H,4-8,13H2,1-3H3. The van der Waals surface area contributed by atoms with Crippen molar-refractivity contribution < 1.29 is 4.79 Å². The topological polar surface area (TPSA) is 43.1 Å². The molecule has 1 unspecified atom stereocenters. The molecule has 1 atom stereocenters. The molecule has 0 aromatic carbocycles. The van der Waals surface area contributed by atoms with Gasteiger partial charge < -0.3 is 5.73 Å². The molecular formula is C12H23NO. The molecule has 14 heavy (non-hydrogen) atoms. The van der Waals surface area contributed by atoms with Gasteiger partial charge in [0.1, 0.15) is 5.78 Å². The van der Waals surface area contributed by atoms with Crippen molar-refractivity contribution in [2.45, 2.75) is 58.9 Å². The van der Waals surface area contributed by atoms with E-state index in [2.05, 4.69) is 20.8 Å². The number of carbonyl (C=O) groups is 1. The van der Waals surface area contributed by atoms with Crippen molar-refractivity contribution in [3.05, 3.63) is 0 Å². The molecule has 0 saturated heterocycles. The summed E-state index contributed by atoms with van der Waals surface area (Å²) in [5, 5.41) is 0. The normalized spacial score (nSPS) is 19.4. The zero-order chi connectivity index (χ0) is 10.8. The van der Waals surface area contributed by atoms with Gasteiger partial charge in [-0.2, -0.15) is 0 Å². The lowest BCUT2D eigenvalue weighted by Crippen LogP contribution is -2.36. The summed E-state index contributed by atoms with van der Waals surface area (Å²) < 4.78 is 0. The van der Waals surface area contributed by atoms with E-state index in [0.29, 0.717) is 12.2 Å². The van der Waals surface area contributed by atoms with Crippen LogP contribution in [0.5, 0.6) is 0 Å². The molecule has 0 spiro atoms. The lowest BCUT2D eigenvalue weighted by Gasteiger charge is -2.26. The van der Waals surface area contributed by atoms with Crippen LogP contribution in [0.4, 0.5) is 0 Å². The molecule has 1 rings (SSSR count). The highest BCUT2D eigenvalue weighted by molar-refractivity contribution is 5.79. The fourth-order valence-electron chi connectivity index (χ4n) is 1.43. The predicted molar refractivity (Wildman–Crippen MR) is 59.0 cm³/mol. The van der Waals surface area contributed by atoms with E-state index in [9.17, 15) is 4.79 Å². The Labute approximate surface area is 87.2 Å². The Hall–Kier alpha value is -0.370. The molecule has 1 aliphatic rings. The molecule has 1 aliphatic carbocycles. The SMILES string of the molecule is CC(C)(C)C(N)CC(=O)CCC1CC1. The van der Waals surface area contributed by atoms with Gasteiger partial charge >= 0.3 is 0 Å². The van der Waals surface area contributed by atoms with Crippen LogP contribution in [-0.4, -0.2) is 11.8 Å². The fraction of sp³-hybridized carbons (Fsp3) is 0.917. The molecule has 0 bridgehead atoms. The Morgan fingerprint density at radius 3 is 2.43 bits per heavy atom. The quantitative estimate of drug-likeness (QED) is 0.736. The lowest BCUT2D eigenvalue weighted by atomic mass is 9.84. The first-order valence-corrected chi connectivity index (χ1v) is 5.67. The van der Waals surface area contributed by atoms with Gasteiger partial charge in [-0.3, -0.25) is 4.79 Å². The van der Waals surface area contributed by atoms with Crippen LogP contribution in [0.2, 0.25) is 0 Å². The molecule has 2 heteroatoms. The number of Topliss-reactive ketones (excluding diaryl/α,β-unsaturated/α-hetero) is 1. The molecular weight excluding hydrogens is 174 g/mol. The summed E-state index contributed by atoms with van der Waals surface area (Å²) in [5.74, 6) is 1.20. The van der Waals surface area contributed by atoms with Crippen LogP contribution >= 0.6 is 0 Å². The van der Waals surface area contributed by atoms with Gasteiger partial charge in [0, 0.05) is 18.9 Å². The van der Waals surface area contributed by atoms with Gasteiger partial charge in [0.15, 0.2) is 0 Å². The first kappa shape index (κ1) is 11.7. The van der Waals surface area contributed by atoms with Crippen molar-refractivity contribution in [2.75, 3.05) is 0 Å². The number of rotatable bonds is 5. The third kappa shape index (κ3) is 4.23. The van der Waals surface area contributed by atoms with Crippen LogP contribution in [0.3, 0.4) is 0 Å². The minimum atomic E-state index is 0.00852. The zero-order valence-electron chi connectivity index (χ0n) is 9.68. The molecule has 0 aromatic rings. The second-order valence-electron chi connectivity index (χ2n) is 5.70. The molecule has 0 aliphatic heterocycles. The average molecular weight is 197 g/mol. The predicted octanol–water partition coefficient (Wildman–Crippen LogP) is 2.51. The smallest absolute Gasteiger partial charge is 0.134 e. The average Bonchev–Trinajstić information content (AvgIpc) is 2.81. The Bertz CT molecular complexity index is 201. The summed E-state index contributed by atoms with van der Waals surface area (Å²) >= 11 is 0. The Balaban J connectivity index is 2.18. The zero-order valence-corrected chi connectivity index (χ0v) is 9.68. The Morgan fingerprint density at radius 1 is 1.43 bits per heavy atom. The van der Waals surface area contributed by atoms with Gasteiger partial charge in [-0.15, -0.1) is 0 Å². The van der Waals surface area contributed by atoms with Crippen molar-refractivity contribution in [1.82, 2.24) is 0 Å². The maximum absolute atomic E-state index is 11.6. The van der Waals surface area contributed by atoms with E-state index in [0.717, 1.165) is 18.8 Å². The van der Waals surface area contributed by atoms with E-state index in [1.807, 2.05) is 0 Å². The molecule has 1 saturated carbocycles. The Kier molecular flexibility index (Phi) is 3.71. The van der Waals surface area contributed by atoms with Gasteiger partial charge in [0.2, 0.25) is 0 Å². The van der Waals surface area contributed by atoms with Crippen molar-refractivity contribution in [2.24, 2.45) is 17.1 Å². The van der Waals surface area contributed by atoms with Crippen LogP contribution in [0.25, 0.3) is 0 Å². The van der Waals surface area contributed by atoms with Crippen molar-refractivity contribution in [1.29, 1.82) is 0 Å². The summed E-state index contributed by atoms with van der Waals surface area (Å²) in [4.78, 5) is 11.6. The van der Waals surface area contributed by atoms with Crippen LogP contribution < -0.4 is 5.73 Å². The highest BCUT2D eigenvalue weighted by Gasteiger charge is 2.25. The third-order valence-corrected chi connectivity index (χ3v) is 3.09. The van der Waals surface area contributed by atoms with E-state index in [1.165, 1.54) is 12.8 Å². The largest absolute Gasteiger partial charge is 0.327 e. The van der Waals surface area contributed by atoms with Gasteiger partial charge in [0.05, 0.1) is 0 Å². The van der Waals surface area contributed by atoms with Gasteiger partial charge in [-0.1, -0.05) is 33.6 Å². The maximum atomic E-state index is 11.6. The fourth-order valence-corrected chi connectivity index (χ4v) is 1.43. The molecule has 0 amide bonds. The number of ketones is 1. The first-order valence-electron chi connectivity index (χ1n) is 5.67. The van der Waals surface area contributed by atoms with E-state index in [1.54, 1.807) is 0 Å². The van der Waals surface area contributed by atoms with Gasteiger partial charge in [-0.05, 0) is 17.8 Å². The minimum absolute atomic E-state index is 0.00852. The number of nitrogens with two attached hydrogens (primary N) is 1.